The van der Waals surface area contributed by atoms with Crippen molar-refractivity contribution in [2.24, 2.45) is 0 Å². The van der Waals surface area contributed by atoms with Crippen LogP contribution in [0.15, 0.2) is 0 Å². The lowest BCUT2D eigenvalue weighted by Crippen LogP contribution is -2.43. The Morgan fingerprint density at radius 2 is 1.69 bits per heavy atom. The molecule has 0 rings (SSSR count). The average molecular weight is 200 g/mol. The second kappa shape index (κ2) is 3.95. The fourth-order valence-corrected chi connectivity index (χ4v) is 3.67. The third kappa shape index (κ3) is 2.66. The van der Waals surface area contributed by atoms with Crippen molar-refractivity contribution in [1.82, 2.24) is 0 Å². The molecule has 0 bridgehead atoms. The molecule has 0 aromatic carbocycles. The highest BCUT2D eigenvalue weighted by molar-refractivity contribution is 6.84. The minimum absolute atomic E-state index is 0.289. The van der Waals surface area contributed by atoms with E-state index in [0.717, 1.165) is 0 Å². The van der Waals surface area contributed by atoms with Crippen LogP contribution >= 0.6 is 0 Å². The Labute approximate surface area is 83.9 Å². The molecule has 0 N–H and O–H groups in total. The van der Waals surface area contributed by atoms with Gasteiger partial charge in [-0.3, -0.25) is 4.79 Å². The van der Waals surface area contributed by atoms with Crippen molar-refractivity contribution in [1.29, 1.82) is 0 Å². The van der Waals surface area contributed by atoms with Gasteiger partial charge in [0.25, 0.3) is 0 Å². The van der Waals surface area contributed by atoms with Crippen molar-refractivity contribution in [2.75, 3.05) is 0 Å². The number of ketones is 1. The second-order valence-electron chi connectivity index (χ2n) is 5.51. The largest absolute Gasteiger partial charge is 0.300 e. The lowest BCUT2D eigenvalue weighted by Gasteiger charge is -2.41. The molecule has 0 spiro atoms. The van der Waals surface area contributed by atoms with E-state index in [1.54, 1.807) is 0 Å². The maximum Gasteiger partial charge on any atom is 0.132 e. The van der Waals surface area contributed by atoms with Crippen molar-refractivity contribution in [3.05, 3.63) is 0 Å². The van der Waals surface area contributed by atoms with E-state index < -0.39 is 8.07 Å². The average Bonchev–Trinajstić information content (AvgIpc) is 1.99. The molecule has 0 radical (unpaired) electrons. The van der Waals surface area contributed by atoms with Gasteiger partial charge in [-0.1, -0.05) is 47.7 Å². The predicted molar refractivity (Wildman–Crippen MR) is 61.9 cm³/mol. The predicted octanol–water partition coefficient (Wildman–Crippen LogP) is 3.86. The lowest BCUT2D eigenvalue weighted by molar-refractivity contribution is -0.118. The third-order valence-electron chi connectivity index (χ3n) is 3.85. The molecular weight excluding hydrogens is 176 g/mol. The number of Topliss-reactive ketones (excluding diaryl/α,β-unsaturated/α-hetero) is 1. The van der Waals surface area contributed by atoms with Crippen LogP contribution in [0.2, 0.25) is 23.7 Å². The molecule has 0 saturated carbocycles. The van der Waals surface area contributed by atoms with E-state index in [0.29, 0.717) is 17.2 Å². The Balaban J connectivity index is 4.74. The Kier molecular flexibility index (Phi) is 3.92. The van der Waals surface area contributed by atoms with E-state index in [4.69, 9.17) is 0 Å². The molecule has 0 heterocycles. The van der Waals surface area contributed by atoms with E-state index in [9.17, 15) is 4.79 Å². The van der Waals surface area contributed by atoms with Gasteiger partial charge in [0, 0.05) is 12.0 Å². The maximum absolute atomic E-state index is 11.6. The standard InChI is InChI=1S/C11H24OSi/c1-8-10(12)9(2)13(6,7)11(3,4)5/h9H,8H2,1-7H3. The summed E-state index contributed by atoms with van der Waals surface area (Å²) in [6.45, 7) is 15.5. The Bertz CT molecular complexity index is 189. The number of carbonyl (C=O) groups excluding carboxylic acids is 1. The number of rotatable bonds is 3. The van der Waals surface area contributed by atoms with E-state index in [1.807, 2.05) is 6.92 Å². The molecule has 0 saturated heterocycles. The number of hydrogen-bond acceptors (Lipinski definition) is 1. The van der Waals surface area contributed by atoms with Gasteiger partial charge in [-0.05, 0) is 5.04 Å². The summed E-state index contributed by atoms with van der Waals surface area (Å²) >= 11 is 0. The summed E-state index contributed by atoms with van der Waals surface area (Å²) in [6.07, 6.45) is 0.688. The van der Waals surface area contributed by atoms with Crippen molar-refractivity contribution in [3.8, 4) is 0 Å². The van der Waals surface area contributed by atoms with E-state index in [-0.39, 0.29) is 5.54 Å². The van der Waals surface area contributed by atoms with Crippen LogP contribution in [0.4, 0.5) is 0 Å². The fourth-order valence-electron chi connectivity index (χ4n) is 1.36. The quantitative estimate of drug-likeness (QED) is 0.632. The molecule has 0 aliphatic heterocycles. The van der Waals surface area contributed by atoms with Crippen LogP contribution in [0.25, 0.3) is 0 Å². The van der Waals surface area contributed by atoms with Crippen LogP contribution in [-0.4, -0.2) is 13.9 Å². The molecule has 0 amide bonds. The normalized spacial score (nSPS) is 15.6. The second-order valence-corrected chi connectivity index (χ2v) is 11.3. The fraction of sp³-hybridized carbons (Fsp3) is 0.909. The summed E-state index contributed by atoms with van der Waals surface area (Å²) in [5, 5.41) is 0.317. The van der Waals surface area contributed by atoms with Crippen LogP contribution in [-0.2, 0) is 4.79 Å². The van der Waals surface area contributed by atoms with Crippen molar-refractivity contribution >= 4 is 13.9 Å². The zero-order valence-electron chi connectivity index (χ0n) is 10.2. The molecule has 0 aromatic rings. The van der Waals surface area contributed by atoms with Gasteiger partial charge in [0.2, 0.25) is 0 Å². The van der Waals surface area contributed by atoms with Gasteiger partial charge >= 0.3 is 0 Å². The SMILES string of the molecule is CCC(=O)C(C)[Si](C)(C)C(C)(C)C. The summed E-state index contributed by atoms with van der Waals surface area (Å²) in [5.41, 5.74) is 0.289. The van der Waals surface area contributed by atoms with Gasteiger partial charge < -0.3 is 0 Å². The molecule has 0 aromatic heterocycles. The van der Waals surface area contributed by atoms with E-state index >= 15 is 0 Å². The third-order valence-corrected chi connectivity index (χ3v) is 10.2. The van der Waals surface area contributed by atoms with Crippen LogP contribution in [0.5, 0.6) is 0 Å². The van der Waals surface area contributed by atoms with Gasteiger partial charge in [-0.15, -0.1) is 0 Å². The Morgan fingerprint density at radius 1 is 1.31 bits per heavy atom. The summed E-state index contributed by atoms with van der Waals surface area (Å²) in [7, 11) is -1.44. The molecule has 1 unspecified atom stereocenters. The van der Waals surface area contributed by atoms with Gasteiger partial charge in [-0.25, -0.2) is 0 Å². The minimum Gasteiger partial charge on any atom is -0.300 e. The Hall–Kier alpha value is -0.113. The maximum atomic E-state index is 11.6. The molecule has 2 heteroatoms. The van der Waals surface area contributed by atoms with E-state index in [1.165, 1.54) is 0 Å². The molecule has 1 atom stereocenters. The zero-order chi connectivity index (χ0) is 10.9. The first-order chi connectivity index (χ1) is 5.64. The molecule has 0 aliphatic carbocycles. The topological polar surface area (TPSA) is 17.1 Å². The van der Waals surface area contributed by atoms with Crippen LogP contribution in [0, 0.1) is 0 Å². The molecule has 0 fully saturated rings. The molecule has 13 heavy (non-hydrogen) atoms. The van der Waals surface area contributed by atoms with Crippen molar-refractivity contribution in [2.45, 2.75) is 64.7 Å². The summed E-state index contributed by atoms with van der Waals surface area (Å²) in [6, 6.07) is 0. The van der Waals surface area contributed by atoms with Gasteiger partial charge in [-0.2, -0.15) is 0 Å². The highest BCUT2D eigenvalue weighted by Gasteiger charge is 2.42. The molecular formula is C11H24OSi. The van der Waals surface area contributed by atoms with Crippen LogP contribution in [0.1, 0.15) is 41.0 Å². The van der Waals surface area contributed by atoms with E-state index in [2.05, 4.69) is 40.8 Å². The number of hydrogen-bond donors (Lipinski definition) is 0. The minimum atomic E-state index is -1.44. The van der Waals surface area contributed by atoms with Gasteiger partial charge in [0.05, 0.1) is 8.07 Å². The first kappa shape index (κ1) is 12.9. The van der Waals surface area contributed by atoms with Crippen molar-refractivity contribution in [3.63, 3.8) is 0 Å². The van der Waals surface area contributed by atoms with Gasteiger partial charge in [0.1, 0.15) is 5.78 Å². The molecule has 0 aliphatic rings. The van der Waals surface area contributed by atoms with Crippen LogP contribution < -0.4 is 0 Å². The van der Waals surface area contributed by atoms with Crippen molar-refractivity contribution < 1.29 is 4.79 Å². The zero-order valence-corrected chi connectivity index (χ0v) is 11.2. The smallest absolute Gasteiger partial charge is 0.132 e. The molecule has 1 nitrogen and oxygen atoms in total. The molecule has 78 valence electrons. The monoisotopic (exact) mass is 200 g/mol. The highest BCUT2D eigenvalue weighted by atomic mass is 28.3. The summed E-state index contributed by atoms with van der Waals surface area (Å²) in [4.78, 5) is 11.6. The number of carbonyl (C=O) groups is 1. The van der Waals surface area contributed by atoms with Crippen LogP contribution in [0.3, 0.4) is 0 Å². The Morgan fingerprint density at radius 3 is 1.92 bits per heavy atom. The first-order valence-electron chi connectivity index (χ1n) is 5.17. The summed E-state index contributed by atoms with van der Waals surface area (Å²) < 4.78 is 0. The first-order valence-corrected chi connectivity index (χ1v) is 8.25. The summed E-state index contributed by atoms with van der Waals surface area (Å²) in [5.74, 6) is 0.437. The lowest BCUT2D eigenvalue weighted by atomic mass is 10.2. The van der Waals surface area contributed by atoms with Gasteiger partial charge in [0.15, 0.2) is 0 Å². The highest BCUT2D eigenvalue weighted by Crippen LogP contribution is 2.43.